The number of hydrogen-bond acceptors (Lipinski definition) is 2. The first-order chi connectivity index (χ1) is 7.41. The van der Waals surface area contributed by atoms with Crippen LogP contribution < -0.4 is 0 Å². The lowest BCUT2D eigenvalue weighted by molar-refractivity contribution is 0.0194. The molecule has 0 saturated heterocycles. The van der Waals surface area contributed by atoms with E-state index in [2.05, 4.69) is 0 Å². The molecule has 2 rings (SSSR count). The van der Waals surface area contributed by atoms with E-state index in [0.29, 0.717) is 4.70 Å². The normalized spacial score (nSPS) is 11.9. The van der Waals surface area contributed by atoms with Gasteiger partial charge in [0, 0.05) is 28.0 Å². The number of aromatic carboxylic acids is 1. The van der Waals surface area contributed by atoms with Crippen molar-refractivity contribution in [3.63, 3.8) is 0 Å². The van der Waals surface area contributed by atoms with Gasteiger partial charge >= 0.3 is 5.97 Å². The number of carbonyl (C=O) groups is 1. The van der Waals surface area contributed by atoms with E-state index < -0.39 is 11.9 Å². The molecule has 2 aromatic rings. The molecule has 1 aromatic carbocycles. The predicted molar refractivity (Wildman–Crippen MR) is 58.4 cm³/mol. The second-order valence-electron chi connectivity index (χ2n) is 3.52. The van der Waals surface area contributed by atoms with E-state index in [0.717, 1.165) is 18.3 Å². The van der Waals surface area contributed by atoms with Gasteiger partial charge in [0.05, 0.1) is 5.56 Å². The van der Waals surface area contributed by atoms with Gasteiger partial charge in [0.2, 0.25) is 0 Å². The van der Waals surface area contributed by atoms with Gasteiger partial charge in [-0.3, -0.25) is 0 Å². The summed E-state index contributed by atoms with van der Waals surface area (Å²) >= 11 is 1.13. The van der Waals surface area contributed by atoms with Crippen molar-refractivity contribution in [1.82, 2.24) is 0 Å². The van der Waals surface area contributed by atoms with Crippen molar-refractivity contribution < 1.29 is 18.7 Å². The van der Waals surface area contributed by atoms with Crippen LogP contribution >= 0.6 is 11.3 Å². The van der Waals surface area contributed by atoms with Crippen LogP contribution in [-0.2, 0) is 5.92 Å². The number of rotatable bonds is 2. The number of alkyl halides is 2. The van der Waals surface area contributed by atoms with Crippen molar-refractivity contribution in [2.24, 2.45) is 0 Å². The molecule has 1 N–H and O–H groups in total. The topological polar surface area (TPSA) is 37.3 Å². The largest absolute Gasteiger partial charge is 0.478 e. The average Bonchev–Trinajstić information content (AvgIpc) is 2.59. The summed E-state index contributed by atoms with van der Waals surface area (Å²) in [5, 5.41) is 10.4. The molecule has 84 valence electrons. The smallest absolute Gasteiger partial charge is 0.336 e. The lowest BCUT2D eigenvalue weighted by Gasteiger charge is -2.09. The molecule has 0 atom stereocenters. The maximum Gasteiger partial charge on any atom is 0.336 e. The number of halogens is 2. The monoisotopic (exact) mass is 242 g/mol. The molecule has 5 heteroatoms. The molecule has 0 bridgehead atoms. The van der Waals surface area contributed by atoms with Crippen LogP contribution in [0.5, 0.6) is 0 Å². The summed E-state index contributed by atoms with van der Waals surface area (Å²) < 4.78 is 27.1. The Hall–Kier alpha value is -1.49. The third-order valence-electron chi connectivity index (χ3n) is 2.30. The zero-order valence-corrected chi connectivity index (χ0v) is 9.15. The van der Waals surface area contributed by atoms with E-state index in [-0.39, 0.29) is 16.5 Å². The standard InChI is InChI=1S/C11H8F2O2S/c1-11(12,13)7-5-16-8-4-2-3-6(9(7)8)10(14)15/h2-5H,1H3,(H,14,15). The maximum absolute atomic E-state index is 13.3. The van der Waals surface area contributed by atoms with Crippen molar-refractivity contribution in [2.75, 3.05) is 0 Å². The fourth-order valence-electron chi connectivity index (χ4n) is 1.59. The molecule has 0 spiro atoms. The van der Waals surface area contributed by atoms with Crippen molar-refractivity contribution in [2.45, 2.75) is 12.8 Å². The van der Waals surface area contributed by atoms with Crippen molar-refractivity contribution in [3.05, 3.63) is 34.7 Å². The molecule has 16 heavy (non-hydrogen) atoms. The highest BCUT2D eigenvalue weighted by atomic mass is 32.1. The van der Waals surface area contributed by atoms with E-state index in [1.54, 1.807) is 12.1 Å². The minimum Gasteiger partial charge on any atom is -0.478 e. The zero-order valence-electron chi connectivity index (χ0n) is 8.33. The van der Waals surface area contributed by atoms with Crippen molar-refractivity contribution in [3.8, 4) is 0 Å². The van der Waals surface area contributed by atoms with Crippen LogP contribution in [0.4, 0.5) is 8.78 Å². The minimum absolute atomic E-state index is 0.0738. The summed E-state index contributed by atoms with van der Waals surface area (Å²) in [6.45, 7) is 0.771. The quantitative estimate of drug-likeness (QED) is 0.871. The summed E-state index contributed by atoms with van der Waals surface area (Å²) in [5.74, 6) is -4.21. The number of benzene rings is 1. The molecule has 0 saturated carbocycles. The highest BCUT2D eigenvalue weighted by Gasteiger charge is 2.29. The highest BCUT2D eigenvalue weighted by Crippen LogP contribution is 2.38. The van der Waals surface area contributed by atoms with Gasteiger partial charge in [0.15, 0.2) is 0 Å². The number of carboxylic acids is 1. The molecule has 0 unspecified atom stereocenters. The van der Waals surface area contributed by atoms with Crippen LogP contribution in [-0.4, -0.2) is 11.1 Å². The van der Waals surface area contributed by atoms with Gasteiger partial charge in [-0.2, -0.15) is 0 Å². The number of thiophene rings is 1. The number of carboxylic acid groups (broad SMARTS) is 1. The molecule has 1 aromatic heterocycles. The first-order valence-corrected chi connectivity index (χ1v) is 5.41. The van der Waals surface area contributed by atoms with E-state index >= 15 is 0 Å². The molecular formula is C11H8F2O2S. The van der Waals surface area contributed by atoms with E-state index in [1.807, 2.05) is 0 Å². The van der Waals surface area contributed by atoms with Gasteiger partial charge in [-0.15, -0.1) is 11.3 Å². The second kappa shape index (κ2) is 3.52. The van der Waals surface area contributed by atoms with Gasteiger partial charge < -0.3 is 5.11 Å². The molecule has 0 radical (unpaired) electrons. The number of fused-ring (bicyclic) bond motifs is 1. The Bertz CT molecular complexity index is 555. The van der Waals surface area contributed by atoms with Gasteiger partial charge in [-0.25, -0.2) is 13.6 Å². The number of hydrogen-bond donors (Lipinski definition) is 1. The highest BCUT2D eigenvalue weighted by molar-refractivity contribution is 7.17. The summed E-state index contributed by atoms with van der Waals surface area (Å²) in [6, 6.07) is 4.54. The first-order valence-electron chi connectivity index (χ1n) is 4.53. The van der Waals surface area contributed by atoms with Crippen molar-refractivity contribution in [1.29, 1.82) is 0 Å². The van der Waals surface area contributed by atoms with Crippen LogP contribution in [0.3, 0.4) is 0 Å². The molecule has 1 heterocycles. The third-order valence-corrected chi connectivity index (χ3v) is 3.25. The van der Waals surface area contributed by atoms with E-state index in [9.17, 15) is 13.6 Å². The summed E-state index contributed by atoms with van der Waals surface area (Å²) in [6.07, 6.45) is 0. The molecule has 0 aliphatic rings. The maximum atomic E-state index is 13.3. The van der Waals surface area contributed by atoms with E-state index in [1.165, 1.54) is 11.4 Å². The third kappa shape index (κ3) is 1.67. The van der Waals surface area contributed by atoms with Crippen molar-refractivity contribution >= 4 is 27.4 Å². The summed E-state index contributed by atoms with van der Waals surface area (Å²) in [4.78, 5) is 11.0. The lowest BCUT2D eigenvalue weighted by atomic mass is 10.0. The summed E-state index contributed by atoms with van der Waals surface area (Å²) in [7, 11) is 0. The van der Waals surface area contributed by atoms with Crippen LogP contribution in [0.1, 0.15) is 22.8 Å². The van der Waals surface area contributed by atoms with Crippen LogP contribution in [0.15, 0.2) is 23.6 Å². The molecular weight excluding hydrogens is 234 g/mol. The van der Waals surface area contributed by atoms with Crippen LogP contribution in [0.2, 0.25) is 0 Å². The molecule has 0 amide bonds. The Morgan fingerprint density at radius 2 is 2.12 bits per heavy atom. The molecule has 0 aliphatic carbocycles. The molecule has 0 aliphatic heterocycles. The van der Waals surface area contributed by atoms with Crippen LogP contribution in [0.25, 0.3) is 10.1 Å². The fraction of sp³-hybridized carbons (Fsp3) is 0.182. The lowest BCUT2D eigenvalue weighted by Crippen LogP contribution is -2.08. The van der Waals surface area contributed by atoms with Gasteiger partial charge in [0.25, 0.3) is 5.92 Å². The average molecular weight is 242 g/mol. The van der Waals surface area contributed by atoms with E-state index in [4.69, 9.17) is 5.11 Å². The van der Waals surface area contributed by atoms with Gasteiger partial charge in [0.1, 0.15) is 0 Å². The van der Waals surface area contributed by atoms with Gasteiger partial charge in [-0.1, -0.05) is 6.07 Å². The first kappa shape index (κ1) is 11.0. The Morgan fingerprint density at radius 3 is 2.69 bits per heavy atom. The SMILES string of the molecule is CC(F)(F)c1csc2cccc(C(=O)O)c12. The minimum atomic E-state index is -3.02. The fourth-order valence-corrected chi connectivity index (χ4v) is 2.65. The zero-order chi connectivity index (χ0) is 11.9. The molecule has 2 nitrogen and oxygen atoms in total. The Balaban J connectivity index is 2.83. The Kier molecular flexibility index (Phi) is 2.42. The Labute approximate surface area is 94.1 Å². The molecule has 0 fully saturated rings. The predicted octanol–water partition coefficient (Wildman–Crippen LogP) is 3.71. The van der Waals surface area contributed by atoms with Gasteiger partial charge in [-0.05, 0) is 12.1 Å². The second-order valence-corrected chi connectivity index (χ2v) is 4.43. The summed E-state index contributed by atoms with van der Waals surface area (Å²) in [5.41, 5.74) is -0.291. The Morgan fingerprint density at radius 1 is 1.44 bits per heavy atom. The van der Waals surface area contributed by atoms with Crippen LogP contribution in [0, 0.1) is 0 Å².